The average Bonchev–Trinajstić information content (AvgIpc) is 2.36. The van der Waals surface area contributed by atoms with Gasteiger partial charge in [-0.05, 0) is 18.1 Å². The molecule has 0 saturated carbocycles. The third kappa shape index (κ3) is 2.46. The highest BCUT2D eigenvalue weighted by Crippen LogP contribution is 2.29. The molecule has 19 heavy (non-hydrogen) atoms. The van der Waals surface area contributed by atoms with Gasteiger partial charge in [-0.3, -0.25) is 9.59 Å². The number of aryl methyl sites for hydroxylation is 1. The Morgan fingerprint density at radius 3 is 2.58 bits per heavy atom. The molecule has 0 unspecified atom stereocenters. The minimum Gasteiger partial charge on any atom is -0.468 e. The lowest BCUT2D eigenvalue weighted by molar-refractivity contribution is -0.188. The summed E-state index contributed by atoms with van der Waals surface area (Å²) in [5.74, 6) is -0.880. The Kier molecular flexibility index (Phi) is 3.85. The van der Waals surface area contributed by atoms with Crippen LogP contribution in [0.5, 0.6) is 0 Å². The summed E-state index contributed by atoms with van der Waals surface area (Å²) < 4.78 is 9.67. The van der Waals surface area contributed by atoms with Gasteiger partial charge < -0.3 is 14.8 Å². The zero-order valence-electron chi connectivity index (χ0n) is 11.1. The zero-order chi connectivity index (χ0) is 13.9. The van der Waals surface area contributed by atoms with Crippen LogP contribution in [0.25, 0.3) is 0 Å². The maximum absolute atomic E-state index is 12.1. The first-order valence-corrected chi connectivity index (χ1v) is 6.09. The molecule has 1 aromatic carbocycles. The molecule has 0 bridgehead atoms. The second kappa shape index (κ2) is 5.40. The second-order valence-corrected chi connectivity index (χ2v) is 4.68. The van der Waals surface area contributed by atoms with Crippen LogP contribution in [0.15, 0.2) is 24.3 Å². The van der Waals surface area contributed by atoms with Crippen molar-refractivity contribution in [2.24, 2.45) is 5.41 Å². The second-order valence-electron chi connectivity index (χ2n) is 4.68. The summed E-state index contributed by atoms with van der Waals surface area (Å²) in [6.07, 6.45) is 0. The van der Waals surface area contributed by atoms with Gasteiger partial charge in [-0.2, -0.15) is 0 Å². The van der Waals surface area contributed by atoms with Crippen LogP contribution in [0.4, 0.5) is 0 Å². The minimum absolute atomic E-state index is 0.0826. The molecule has 1 N–H and O–H groups in total. The molecule has 5 nitrogen and oxygen atoms in total. The fourth-order valence-electron chi connectivity index (χ4n) is 2.00. The predicted molar refractivity (Wildman–Crippen MR) is 68.3 cm³/mol. The van der Waals surface area contributed by atoms with Crippen LogP contribution in [0.2, 0.25) is 0 Å². The number of nitrogens with one attached hydrogen (secondary N) is 1. The van der Waals surface area contributed by atoms with E-state index in [1.807, 2.05) is 31.2 Å². The van der Waals surface area contributed by atoms with E-state index in [4.69, 9.17) is 4.74 Å². The van der Waals surface area contributed by atoms with Gasteiger partial charge in [-0.15, -0.1) is 0 Å². The van der Waals surface area contributed by atoms with Crippen molar-refractivity contribution in [1.82, 2.24) is 5.32 Å². The quantitative estimate of drug-likeness (QED) is 0.644. The summed E-state index contributed by atoms with van der Waals surface area (Å²) in [4.78, 5) is 23.8. The highest BCUT2D eigenvalue weighted by molar-refractivity contribution is 6.03. The van der Waals surface area contributed by atoms with Crippen LogP contribution in [0.3, 0.4) is 0 Å². The van der Waals surface area contributed by atoms with Crippen molar-refractivity contribution in [2.45, 2.75) is 13.5 Å². The van der Waals surface area contributed by atoms with Crippen LogP contribution < -0.4 is 5.32 Å². The molecule has 1 aliphatic heterocycles. The van der Waals surface area contributed by atoms with E-state index in [0.29, 0.717) is 6.54 Å². The molecule has 5 heteroatoms. The third-order valence-electron chi connectivity index (χ3n) is 3.41. The lowest BCUT2D eigenvalue weighted by Crippen LogP contribution is -2.59. The van der Waals surface area contributed by atoms with E-state index in [1.165, 1.54) is 7.11 Å². The monoisotopic (exact) mass is 263 g/mol. The number of carbonyl (C=O) groups is 2. The summed E-state index contributed by atoms with van der Waals surface area (Å²) >= 11 is 0. The van der Waals surface area contributed by atoms with E-state index in [0.717, 1.165) is 11.1 Å². The van der Waals surface area contributed by atoms with Crippen molar-refractivity contribution < 1.29 is 19.1 Å². The van der Waals surface area contributed by atoms with Gasteiger partial charge in [0.25, 0.3) is 0 Å². The van der Waals surface area contributed by atoms with Crippen molar-refractivity contribution in [3.05, 3.63) is 35.4 Å². The fraction of sp³-hybridized carbons (Fsp3) is 0.429. The van der Waals surface area contributed by atoms with Crippen LogP contribution in [-0.2, 0) is 25.6 Å². The molecule has 0 spiro atoms. The lowest BCUT2D eigenvalue weighted by Gasteiger charge is -2.36. The van der Waals surface area contributed by atoms with Crippen molar-refractivity contribution >= 4 is 11.9 Å². The van der Waals surface area contributed by atoms with Crippen LogP contribution >= 0.6 is 0 Å². The molecular weight excluding hydrogens is 246 g/mol. The average molecular weight is 263 g/mol. The first kappa shape index (κ1) is 13.5. The number of esters is 1. The van der Waals surface area contributed by atoms with Gasteiger partial charge in [-0.1, -0.05) is 24.3 Å². The maximum atomic E-state index is 12.1. The van der Waals surface area contributed by atoms with Gasteiger partial charge in [-0.25, -0.2) is 0 Å². The first-order valence-electron chi connectivity index (χ1n) is 6.09. The Hall–Kier alpha value is -1.88. The number of hydrogen-bond acceptors (Lipinski definition) is 4. The summed E-state index contributed by atoms with van der Waals surface area (Å²) in [6, 6.07) is 7.77. The van der Waals surface area contributed by atoms with Gasteiger partial charge in [0, 0.05) is 6.54 Å². The van der Waals surface area contributed by atoms with Crippen molar-refractivity contribution in [3.63, 3.8) is 0 Å². The number of ether oxygens (including phenoxy) is 2. The number of carbonyl (C=O) groups excluding carboxylic acids is 2. The highest BCUT2D eigenvalue weighted by Gasteiger charge is 2.53. The van der Waals surface area contributed by atoms with Gasteiger partial charge >= 0.3 is 5.97 Å². The lowest BCUT2D eigenvalue weighted by atomic mass is 9.85. The molecule has 1 heterocycles. The Morgan fingerprint density at radius 2 is 2.05 bits per heavy atom. The molecule has 0 aliphatic carbocycles. The van der Waals surface area contributed by atoms with E-state index >= 15 is 0 Å². The molecule has 1 aliphatic rings. The zero-order valence-corrected chi connectivity index (χ0v) is 11.1. The summed E-state index contributed by atoms with van der Waals surface area (Å²) in [5, 5.41) is 2.78. The van der Waals surface area contributed by atoms with Crippen molar-refractivity contribution in [1.29, 1.82) is 0 Å². The van der Waals surface area contributed by atoms with Crippen molar-refractivity contribution in [2.75, 3.05) is 20.3 Å². The number of methoxy groups -OCH3 is 1. The Labute approximate surface area is 111 Å². The molecular formula is C14H17NO4. The van der Waals surface area contributed by atoms with Crippen LogP contribution in [0.1, 0.15) is 11.1 Å². The summed E-state index contributed by atoms with van der Waals surface area (Å²) in [7, 11) is 1.27. The van der Waals surface area contributed by atoms with Crippen LogP contribution in [0, 0.1) is 12.3 Å². The molecule has 1 fully saturated rings. The molecule has 2 rings (SSSR count). The van der Waals surface area contributed by atoms with E-state index in [1.54, 1.807) is 0 Å². The molecule has 0 atom stereocenters. The predicted octanol–water partition coefficient (Wildman–Crippen LogP) is 0.801. The number of rotatable bonds is 4. The molecule has 1 saturated heterocycles. The van der Waals surface area contributed by atoms with E-state index in [-0.39, 0.29) is 19.1 Å². The topological polar surface area (TPSA) is 64.6 Å². The van der Waals surface area contributed by atoms with Gasteiger partial charge in [0.2, 0.25) is 5.91 Å². The van der Waals surface area contributed by atoms with Gasteiger partial charge in [0.1, 0.15) is 0 Å². The maximum Gasteiger partial charge on any atom is 0.326 e. The fourth-order valence-corrected chi connectivity index (χ4v) is 2.00. The molecule has 102 valence electrons. The Balaban J connectivity index is 2.02. The smallest absolute Gasteiger partial charge is 0.326 e. The first-order chi connectivity index (χ1) is 9.10. The van der Waals surface area contributed by atoms with Crippen LogP contribution in [-0.4, -0.2) is 32.2 Å². The Bertz CT molecular complexity index is 494. The van der Waals surface area contributed by atoms with E-state index in [9.17, 15) is 9.59 Å². The largest absolute Gasteiger partial charge is 0.468 e. The van der Waals surface area contributed by atoms with Crippen molar-refractivity contribution in [3.8, 4) is 0 Å². The number of benzene rings is 1. The van der Waals surface area contributed by atoms with E-state index < -0.39 is 11.4 Å². The Morgan fingerprint density at radius 1 is 1.37 bits per heavy atom. The molecule has 1 amide bonds. The normalized spacial score (nSPS) is 16.3. The third-order valence-corrected chi connectivity index (χ3v) is 3.41. The van der Waals surface area contributed by atoms with Gasteiger partial charge in [0.15, 0.2) is 5.41 Å². The standard InChI is InChI=1S/C14H17NO4/c1-10-5-3-4-6-11(10)7-15-12(16)14(8-19-9-14)13(17)18-2/h3-6H,7-9H2,1-2H3,(H,15,16). The minimum atomic E-state index is -1.17. The number of amides is 1. The SMILES string of the molecule is COC(=O)C1(C(=O)NCc2ccccc2C)COC1. The molecule has 0 radical (unpaired) electrons. The number of hydrogen-bond donors (Lipinski definition) is 1. The summed E-state index contributed by atoms with van der Waals surface area (Å²) in [6.45, 7) is 2.53. The van der Waals surface area contributed by atoms with E-state index in [2.05, 4.69) is 10.1 Å². The highest BCUT2D eigenvalue weighted by atomic mass is 16.5. The van der Waals surface area contributed by atoms with Gasteiger partial charge in [0.05, 0.1) is 20.3 Å². The summed E-state index contributed by atoms with van der Waals surface area (Å²) in [5.41, 5.74) is 0.952. The molecule has 0 aromatic heterocycles. The molecule has 1 aromatic rings.